The van der Waals surface area contributed by atoms with Gasteiger partial charge in [-0.25, -0.2) is 0 Å². The fourth-order valence-corrected chi connectivity index (χ4v) is 0.935. The fraction of sp³-hybridized carbons (Fsp3) is 0.545. The van der Waals surface area contributed by atoms with Crippen molar-refractivity contribution in [2.75, 3.05) is 6.61 Å². The summed E-state index contributed by atoms with van der Waals surface area (Å²) >= 11 is 0. The van der Waals surface area contributed by atoms with Gasteiger partial charge in [0.25, 0.3) is 6.47 Å². The van der Waals surface area contributed by atoms with E-state index < -0.39 is 0 Å². The highest BCUT2D eigenvalue weighted by atomic mass is 16.5. The number of hydrogen-bond acceptors (Lipinski definition) is 2. The van der Waals surface area contributed by atoms with Gasteiger partial charge in [-0.1, -0.05) is 19.1 Å². The van der Waals surface area contributed by atoms with Crippen molar-refractivity contribution in [2.45, 2.75) is 26.7 Å². The van der Waals surface area contributed by atoms with Crippen LogP contribution in [0.4, 0.5) is 0 Å². The second-order valence-corrected chi connectivity index (χ2v) is 3.25. The van der Waals surface area contributed by atoms with E-state index >= 15 is 0 Å². The highest BCUT2D eigenvalue weighted by Crippen LogP contribution is 2.08. The van der Waals surface area contributed by atoms with E-state index in [1.165, 1.54) is 0 Å². The Labute approximate surface area is 80.3 Å². The standard InChI is InChI=1S/C11H18O2/c1-4-10(2)6-5-7-11(3)8-13-9-12/h4,7,9-10H,1,5-6,8H2,2-3H3/b11-7+. The van der Waals surface area contributed by atoms with Gasteiger partial charge >= 0.3 is 0 Å². The molecule has 13 heavy (non-hydrogen) atoms. The molecule has 0 fully saturated rings. The van der Waals surface area contributed by atoms with E-state index in [1.54, 1.807) is 0 Å². The van der Waals surface area contributed by atoms with Crippen LogP contribution in [0.15, 0.2) is 24.3 Å². The van der Waals surface area contributed by atoms with Crippen molar-refractivity contribution in [1.29, 1.82) is 0 Å². The molecule has 0 radical (unpaired) electrons. The second-order valence-electron chi connectivity index (χ2n) is 3.25. The summed E-state index contributed by atoms with van der Waals surface area (Å²) in [6.45, 7) is 8.70. The van der Waals surface area contributed by atoms with Crippen LogP contribution in [0, 0.1) is 5.92 Å². The minimum Gasteiger partial charge on any atom is -0.463 e. The predicted octanol–water partition coefficient (Wildman–Crippen LogP) is 2.71. The van der Waals surface area contributed by atoms with Crippen molar-refractivity contribution >= 4 is 6.47 Å². The Morgan fingerprint density at radius 3 is 2.85 bits per heavy atom. The molecule has 1 atom stereocenters. The van der Waals surface area contributed by atoms with Crippen molar-refractivity contribution in [3.63, 3.8) is 0 Å². The smallest absolute Gasteiger partial charge is 0.293 e. The van der Waals surface area contributed by atoms with Crippen LogP contribution in [0.2, 0.25) is 0 Å². The number of carbonyl (C=O) groups is 1. The third-order valence-electron chi connectivity index (χ3n) is 1.90. The summed E-state index contributed by atoms with van der Waals surface area (Å²) in [5, 5.41) is 0. The molecule has 0 saturated carbocycles. The minimum atomic E-state index is 0.409. The molecule has 74 valence electrons. The Hall–Kier alpha value is -1.05. The van der Waals surface area contributed by atoms with Gasteiger partial charge < -0.3 is 4.74 Å². The zero-order valence-electron chi connectivity index (χ0n) is 8.45. The molecule has 0 saturated heterocycles. The molecule has 0 aliphatic carbocycles. The first-order valence-electron chi connectivity index (χ1n) is 4.54. The number of allylic oxidation sites excluding steroid dienone is 2. The van der Waals surface area contributed by atoms with Crippen LogP contribution >= 0.6 is 0 Å². The SMILES string of the molecule is C=CC(C)CC/C=C(\C)COC=O. The third kappa shape index (κ3) is 7.32. The number of rotatable bonds is 7. The van der Waals surface area contributed by atoms with Crippen molar-refractivity contribution in [3.8, 4) is 0 Å². The van der Waals surface area contributed by atoms with Crippen LogP contribution in [0.3, 0.4) is 0 Å². The Bertz CT molecular complexity index is 183. The topological polar surface area (TPSA) is 26.3 Å². The summed E-state index contributed by atoms with van der Waals surface area (Å²) in [4.78, 5) is 9.87. The maximum atomic E-state index is 9.87. The predicted molar refractivity (Wildman–Crippen MR) is 54.4 cm³/mol. The Balaban J connectivity index is 3.57. The lowest BCUT2D eigenvalue weighted by molar-refractivity contribution is -0.127. The van der Waals surface area contributed by atoms with Crippen molar-refractivity contribution in [1.82, 2.24) is 0 Å². The van der Waals surface area contributed by atoms with Crippen LogP contribution in [-0.2, 0) is 9.53 Å². The first kappa shape index (κ1) is 11.9. The number of ether oxygens (including phenoxy) is 1. The Morgan fingerprint density at radius 2 is 2.31 bits per heavy atom. The van der Waals surface area contributed by atoms with E-state index in [0.29, 0.717) is 19.0 Å². The van der Waals surface area contributed by atoms with Gasteiger partial charge in [0.05, 0.1) is 0 Å². The molecule has 0 bridgehead atoms. The molecular weight excluding hydrogens is 164 g/mol. The monoisotopic (exact) mass is 182 g/mol. The number of hydrogen-bond donors (Lipinski definition) is 0. The van der Waals surface area contributed by atoms with Crippen molar-refractivity contribution < 1.29 is 9.53 Å². The largest absolute Gasteiger partial charge is 0.463 e. The van der Waals surface area contributed by atoms with E-state index in [-0.39, 0.29) is 0 Å². The van der Waals surface area contributed by atoms with Crippen molar-refractivity contribution in [2.24, 2.45) is 5.92 Å². The van der Waals surface area contributed by atoms with Gasteiger partial charge in [-0.05, 0) is 31.3 Å². The zero-order valence-corrected chi connectivity index (χ0v) is 8.45. The molecule has 1 unspecified atom stereocenters. The van der Waals surface area contributed by atoms with Gasteiger partial charge in [0, 0.05) is 0 Å². The van der Waals surface area contributed by atoms with Crippen LogP contribution < -0.4 is 0 Å². The molecule has 0 aromatic carbocycles. The molecule has 0 N–H and O–H groups in total. The second kappa shape index (κ2) is 7.59. The molecule has 0 aromatic rings. The average Bonchev–Trinajstić information content (AvgIpc) is 2.14. The molecule has 0 heterocycles. The third-order valence-corrected chi connectivity index (χ3v) is 1.90. The molecule has 0 aliphatic heterocycles. The van der Waals surface area contributed by atoms with E-state index in [2.05, 4.69) is 24.3 Å². The average molecular weight is 182 g/mol. The van der Waals surface area contributed by atoms with E-state index in [9.17, 15) is 4.79 Å². The quantitative estimate of drug-likeness (QED) is 0.447. The summed E-state index contributed by atoms with van der Waals surface area (Å²) < 4.78 is 4.61. The number of carbonyl (C=O) groups excluding carboxylic acids is 1. The Morgan fingerprint density at radius 1 is 1.62 bits per heavy atom. The molecular formula is C11H18O2. The lowest BCUT2D eigenvalue weighted by Gasteiger charge is -2.03. The van der Waals surface area contributed by atoms with Gasteiger partial charge in [-0.15, -0.1) is 6.58 Å². The van der Waals surface area contributed by atoms with Gasteiger partial charge in [-0.3, -0.25) is 4.79 Å². The molecule has 2 heteroatoms. The lowest BCUT2D eigenvalue weighted by Crippen LogP contribution is -1.93. The van der Waals surface area contributed by atoms with Gasteiger partial charge in [0.15, 0.2) is 0 Å². The van der Waals surface area contributed by atoms with Gasteiger partial charge in [0.2, 0.25) is 0 Å². The normalized spacial score (nSPS) is 13.5. The van der Waals surface area contributed by atoms with Crippen molar-refractivity contribution in [3.05, 3.63) is 24.3 Å². The highest BCUT2D eigenvalue weighted by Gasteiger charge is 1.94. The first-order valence-corrected chi connectivity index (χ1v) is 4.54. The van der Waals surface area contributed by atoms with Crippen LogP contribution in [0.1, 0.15) is 26.7 Å². The molecule has 0 amide bonds. The van der Waals surface area contributed by atoms with Gasteiger partial charge in [0.1, 0.15) is 6.61 Å². The first-order chi connectivity index (χ1) is 6.20. The zero-order chi connectivity index (χ0) is 10.1. The highest BCUT2D eigenvalue weighted by molar-refractivity contribution is 5.37. The molecule has 0 aliphatic rings. The molecule has 0 spiro atoms. The van der Waals surface area contributed by atoms with Crippen LogP contribution in [0.25, 0.3) is 0 Å². The lowest BCUT2D eigenvalue weighted by atomic mass is 10.1. The van der Waals surface area contributed by atoms with Crippen LogP contribution in [0.5, 0.6) is 0 Å². The summed E-state index contributed by atoms with van der Waals surface area (Å²) in [5.41, 5.74) is 1.10. The maximum Gasteiger partial charge on any atom is 0.293 e. The Kier molecular flexibility index (Phi) is 6.98. The molecule has 0 aromatic heterocycles. The molecule has 0 rings (SSSR count). The summed E-state index contributed by atoms with van der Waals surface area (Å²) in [6, 6.07) is 0. The maximum absolute atomic E-state index is 9.87. The summed E-state index contributed by atoms with van der Waals surface area (Å²) in [7, 11) is 0. The van der Waals surface area contributed by atoms with E-state index in [0.717, 1.165) is 18.4 Å². The van der Waals surface area contributed by atoms with Gasteiger partial charge in [-0.2, -0.15) is 0 Å². The van der Waals surface area contributed by atoms with E-state index in [1.807, 2.05) is 13.0 Å². The summed E-state index contributed by atoms with van der Waals surface area (Å²) in [6.07, 6.45) is 6.16. The molecule has 2 nitrogen and oxygen atoms in total. The summed E-state index contributed by atoms with van der Waals surface area (Å²) in [5.74, 6) is 0.552. The minimum absolute atomic E-state index is 0.409. The van der Waals surface area contributed by atoms with Crippen LogP contribution in [-0.4, -0.2) is 13.1 Å². The van der Waals surface area contributed by atoms with E-state index in [4.69, 9.17) is 0 Å². The fourth-order valence-electron chi connectivity index (χ4n) is 0.935.